The quantitative estimate of drug-likeness (QED) is 0.0837. The van der Waals surface area contributed by atoms with E-state index in [9.17, 15) is 9.59 Å². The summed E-state index contributed by atoms with van der Waals surface area (Å²) in [4.78, 5) is 29.2. The van der Waals surface area contributed by atoms with Gasteiger partial charge in [0, 0.05) is 42.3 Å². The van der Waals surface area contributed by atoms with Gasteiger partial charge in [0.25, 0.3) is 0 Å². The third-order valence-corrected chi connectivity index (χ3v) is 7.13. The number of benzene rings is 1. The van der Waals surface area contributed by atoms with Crippen molar-refractivity contribution in [2.75, 3.05) is 19.8 Å². The van der Waals surface area contributed by atoms with Gasteiger partial charge in [-0.2, -0.15) is 0 Å². The maximum atomic E-state index is 13.3. The van der Waals surface area contributed by atoms with Gasteiger partial charge in [-0.1, -0.05) is 80.8 Å². The molecule has 2 rings (SSSR count). The summed E-state index contributed by atoms with van der Waals surface area (Å²) in [6.45, 7) is 10.6. The molecule has 1 atom stereocenters. The normalized spacial score (nSPS) is 13.7. The van der Waals surface area contributed by atoms with Gasteiger partial charge >= 0.3 is 12.1 Å². The predicted molar refractivity (Wildman–Crippen MR) is 181 cm³/mol. The number of aromatic nitrogens is 1. The molecule has 0 radical (unpaired) electrons. The molecule has 0 aliphatic rings. The van der Waals surface area contributed by atoms with Crippen molar-refractivity contribution in [2.24, 2.45) is 0 Å². The van der Waals surface area contributed by atoms with Gasteiger partial charge in [-0.25, -0.2) is 9.59 Å². The maximum absolute atomic E-state index is 13.3. The third kappa shape index (κ3) is 14.4. The number of para-hydroxylation sites is 1. The number of hydrogen-bond acceptors (Lipinski definition) is 5. The highest BCUT2D eigenvalue weighted by molar-refractivity contribution is 5.94. The van der Waals surface area contributed by atoms with Gasteiger partial charge in [-0.15, -0.1) is 0 Å². The molecule has 0 saturated heterocycles. The Kier molecular flexibility index (Phi) is 17.3. The molecule has 0 spiro atoms. The van der Waals surface area contributed by atoms with E-state index in [0.717, 1.165) is 49.4 Å². The monoisotopic (exact) mass is 608 g/mol. The smallest absolute Gasteiger partial charge is 0.408 e. The summed E-state index contributed by atoms with van der Waals surface area (Å²) in [5, 5.41) is 3.59. The summed E-state index contributed by atoms with van der Waals surface area (Å²) in [5.41, 5.74) is -0.655. The molecular formula is C37H56N2O5. The molecule has 2 N–H and O–H groups in total. The fourth-order valence-electron chi connectivity index (χ4n) is 4.73. The highest BCUT2D eigenvalue weighted by Gasteiger charge is 2.41. The molecule has 1 aromatic carbocycles. The van der Waals surface area contributed by atoms with Crippen LogP contribution in [0.25, 0.3) is 10.9 Å². The van der Waals surface area contributed by atoms with Crippen LogP contribution in [-0.2, 0) is 24.5 Å². The average Bonchev–Trinajstić information content (AvgIpc) is 3.42. The van der Waals surface area contributed by atoms with Gasteiger partial charge < -0.3 is 24.5 Å². The Bertz CT molecular complexity index is 1190. The first kappa shape index (κ1) is 36.9. The number of hydrogen-bond donors (Lipinski definition) is 2. The minimum absolute atomic E-state index is 0.196. The Labute approximate surface area is 265 Å². The molecule has 0 saturated carbocycles. The zero-order valence-electron chi connectivity index (χ0n) is 27.8. The zero-order valence-corrected chi connectivity index (χ0v) is 27.8. The van der Waals surface area contributed by atoms with Crippen LogP contribution in [0.15, 0.2) is 66.9 Å². The number of aromatic amines is 1. The number of allylic oxidation sites excluding steroid dienone is 6. The van der Waals surface area contributed by atoms with Crippen LogP contribution in [0.3, 0.4) is 0 Å². The van der Waals surface area contributed by atoms with Gasteiger partial charge in [0.15, 0.2) is 5.54 Å². The van der Waals surface area contributed by atoms with Gasteiger partial charge in [0.05, 0.1) is 6.61 Å². The largest absolute Gasteiger partial charge is 0.464 e. The van der Waals surface area contributed by atoms with Crippen LogP contribution in [0.4, 0.5) is 4.79 Å². The number of alkyl carbamates (subject to hydrolysis) is 1. The fraction of sp³-hybridized carbons (Fsp3) is 0.568. The van der Waals surface area contributed by atoms with E-state index in [2.05, 4.69) is 53.7 Å². The Morgan fingerprint density at radius 2 is 1.43 bits per heavy atom. The minimum Gasteiger partial charge on any atom is -0.464 e. The zero-order chi connectivity index (χ0) is 32.1. The second-order valence-corrected chi connectivity index (χ2v) is 12.3. The van der Waals surface area contributed by atoms with E-state index in [-0.39, 0.29) is 6.61 Å². The van der Waals surface area contributed by atoms with Crippen molar-refractivity contribution in [1.82, 2.24) is 10.3 Å². The highest BCUT2D eigenvalue weighted by Crippen LogP contribution is 2.30. The Hall–Kier alpha value is -3.32. The SMILES string of the molecule is CCCCC/C=C\C/C=C\C/C=C\CCCCCOCCCOC(=O)C(C)(NC(=O)OC(C)(C)C)c1c[nH]c2ccccc12. The van der Waals surface area contributed by atoms with E-state index in [1.165, 1.54) is 25.7 Å². The molecule has 44 heavy (non-hydrogen) atoms. The van der Waals surface area contributed by atoms with Crippen LogP contribution in [0.1, 0.15) is 111 Å². The Morgan fingerprint density at radius 3 is 2.11 bits per heavy atom. The van der Waals surface area contributed by atoms with Crippen molar-refractivity contribution in [1.29, 1.82) is 0 Å². The van der Waals surface area contributed by atoms with Crippen LogP contribution in [0, 0.1) is 0 Å². The molecule has 0 bridgehead atoms. The summed E-state index contributed by atoms with van der Waals surface area (Å²) >= 11 is 0. The van der Waals surface area contributed by atoms with E-state index >= 15 is 0 Å². The van der Waals surface area contributed by atoms with Crippen molar-refractivity contribution in [3.63, 3.8) is 0 Å². The van der Waals surface area contributed by atoms with Crippen molar-refractivity contribution in [3.8, 4) is 0 Å². The van der Waals surface area contributed by atoms with Crippen LogP contribution in [-0.4, -0.2) is 42.5 Å². The number of H-pyrrole nitrogens is 1. The number of rotatable bonds is 21. The number of carbonyl (C=O) groups is 2. The lowest BCUT2D eigenvalue weighted by Gasteiger charge is -2.30. The fourth-order valence-corrected chi connectivity index (χ4v) is 4.73. The molecule has 7 heteroatoms. The van der Waals surface area contributed by atoms with Gasteiger partial charge in [0.2, 0.25) is 0 Å². The van der Waals surface area contributed by atoms with Crippen molar-refractivity contribution in [2.45, 2.75) is 116 Å². The molecule has 1 amide bonds. The standard InChI is InChI=1S/C37H56N2O5/c1-6-7-8-9-10-11-12-13-14-15-16-17-18-19-20-23-27-42-28-24-29-43-34(40)37(5,39-35(41)44-36(2,3)4)32-30-38-33-26-22-21-25-31(32)33/h10-11,13-14,16-17,21-22,25-26,30,38H,6-9,12,15,18-20,23-24,27-29H2,1-5H3,(H,39,41)/b11-10-,14-13-,17-16-. The first-order chi connectivity index (χ1) is 21.2. The average molecular weight is 609 g/mol. The molecule has 2 aromatic rings. The molecule has 1 aromatic heterocycles. The van der Waals surface area contributed by atoms with Crippen LogP contribution < -0.4 is 5.32 Å². The van der Waals surface area contributed by atoms with E-state index in [4.69, 9.17) is 14.2 Å². The second kappa shape index (κ2) is 20.6. The lowest BCUT2D eigenvalue weighted by atomic mass is 9.91. The third-order valence-electron chi connectivity index (χ3n) is 7.13. The highest BCUT2D eigenvalue weighted by atomic mass is 16.6. The van der Waals surface area contributed by atoms with Gasteiger partial charge in [-0.3, -0.25) is 0 Å². The van der Waals surface area contributed by atoms with E-state index in [1.807, 2.05) is 24.3 Å². The summed E-state index contributed by atoms with van der Waals surface area (Å²) in [5.74, 6) is -0.550. The van der Waals surface area contributed by atoms with Crippen LogP contribution in [0.2, 0.25) is 0 Å². The van der Waals surface area contributed by atoms with E-state index in [1.54, 1.807) is 33.9 Å². The van der Waals surface area contributed by atoms with E-state index < -0.39 is 23.2 Å². The number of fused-ring (bicyclic) bond motifs is 1. The molecule has 7 nitrogen and oxygen atoms in total. The van der Waals surface area contributed by atoms with Gasteiger partial charge in [-0.05, 0) is 78.7 Å². The van der Waals surface area contributed by atoms with Crippen LogP contribution in [0.5, 0.6) is 0 Å². The first-order valence-electron chi connectivity index (χ1n) is 16.4. The lowest BCUT2D eigenvalue weighted by Crippen LogP contribution is -2.51. The molecule has 0 aliphatic heterocycles. The number of unbranched alkanes of at least 4 members (excludes halogenated alkanes) is 6. The first-order valence-corrected chi connectivity index (χ1v) is 16.4. The molecule has 1 unspecified atom stereocenters. The number of esters is 1. The summed E-state index contributed by atoms with van der Waals surface area (Å²) in [6.07, 6.45) is 26.7. The number of ether oxygens (including phenoxy) is 3. The van der Waals surface area contributed by atoms with Crippen molar-refractivity contribution < 1.29 is 23.8 Å². The maximum Gasteiger partial charge on any atom is 0.408 e. The number of nitrogens with one attached hydrogen (secondary N) is 2. The molecule has 1 heterocycles. The summed E-state index contributed by atoms with van der Waals surface area (Å²) in [7, 11) is 0. The summed E-state index contributed by atoms with van der Waals surface area (Å²) in [6, 6.07) is 7.62. The number of amides is 1. The molecule has 244 valence electrons. The molecule has 0 fully saturated rings. The second-order valence-electron chi connectivity index (χ2n) is 12.3. The lowest BCUT2D eigenvalue weighted by molar-refractivity contribution is -0.151. The topological polar surface area (TPSA) is 89.7 Å². The Morgan fingerprint density at radius 1 is 0.795 bits per heavy atom. The summed E-state index contributed by atoms with van der Waals surface area (Å²) < 4.78 is 16.8. The van der Waals surface area contributed by atoms with Crippen LogP contribution >= 0.6 is 0 Å². The predicted octanol–water partition coefficient (Wildman–Crippen LogP) is 9.45. The van der Waals surface area contributed by atoms with Crippen molar-refractivity contribution in [3.05, 3.63) is 72.5 Å². The minimum atomic E-state index is -1.43. The van der Waals surface area contributed by atoms with E-state index in [0.29, 0.717) is 25.2 Å². The molecular weight excluding hydrogens is 552 g/mol. The number of carbonyl (C=O) groups excluding carboxylic acids is 2. The molecule has 0 aliphatic carbocycles. The van der Waals surface area contributed by atoms with Crippen molar-refractivity contribution >= 4 is 23.0 Å². The van der Waals surface area contributed by atoms with Gasteiger partial charge in [0.1, 0.15) is 5.60 Å². The Balaban J connectivity index is 1.62.